The van der Waals surface area contributed by atoms with Gasteiger partial charge in [0.25, 0.3) is 0 Å². The van der Waals surface area contributed by atoms with Crippen LogP contribution in [0.3, 0.4) is 0 Å². The van der Waals surface area contributed by atoms with Gasteiger partial charge in [-0.05, 0) is 48.6 Å². The lowest BCUT2D eigenvalue weighted by atomic mass is 10.1. The summed E-state index contributed by atoms with van der Waals surface area (Å²) in [6.07, 6.45) is 2.98. The molecule has 2 nitrogen and oxygen atoms in total. The predicted molar refractivity (Wildman–Crippen MR) is 83.6 cm³/mol. The van der Waals surface area contributed by atoms with Crippen molar-refractivity contribution in [2.75, 3.05) is 6.54 Å². The lowest BCUT2D eigenvalue weighted by Crippen LogP contribution is -2.14. The summed E-state index contributed by atoms with van der Waals surface area (Å²) in [5.74, 6) is -0.219. The molecule has 4 heteroatoms. The molecule has 2 aromatic carbocycles. The van der Waals surface area contributed by atoms with E-state index in [-0.39, 0.29) is 11.6 Å². The van der Waals surface area contributed by atoms with Crippen LogP contribution in [0, 0.1) is 5.82 Å². The van der Waals surface area contributed by atoms with Crippen molar-refractivity contribution in [3.8, 4) is 5.75 Å². The second kappa shape index (κ2) is 8.49. The molecule has 0 aromatic heterocycles. The highest BCUT2D eigenvalue weighted by Gasteiger charge is 2.05. The molecule has 0 aliphatic heterocycles. The predicted octanol–water partition coefficient (Wildman–Crippen LogP) is 4.63. The van der Waals surface area contributed by atoms with E-state index in [1.807, 2.05) is 30.3 Å². The average molecular weight is 305 g/mol. The van der Waals surface area contributed by atoms with Crippen LogP contribution < -0.4 is 0 Å². The van der Waals surface area contributed by atoms with Crippen molar-refractivity contribution >= 4 is 0 Å². The standard InChI is InChI=1S/C18H21F2NO/c19-17-10-11-18(22)16(13-17)9-5-2-6-12-21(20)14-15-7-3-1-4-8-15/h1,3-4,7-8,10-11,13,22H,2,5-6,9,12,14H2. The van der Waals surface area contributed by atoms with Crippen LogP contribution in [-0.2, 0) is 13.0 Å². The monoisotopic (exact) mass is 305 g/mol. The summed E-state index contributed by atoms with van der Waals surface area (Å²) < 4.78 is 26.8. The molecule has 0 bridgehead atoms. The first-order valence-corrected chi connectivity index (χ1v) is 7.57. The maximum Gasteiger partial charge on any atom is 0.123 e. The van der Waals surface area contributed by atoms with Crippen molar-refractivity contribution in [1.29, 1.82) is 0 Å². The van der Waals surface area contributed by atoms with Crippen molar-refractivity contribution in [1.82, 2.24) is 5.12 Å². The Morgan fingerprint density at radius 2 is 1.73 bits per heavy atom. The fourth-order valence-corrected chi connectivity index (χ4v) is 2.39. The van der Waals surface area contributed by atoms with Crippen LogP contribution in [0.15, 0.2) is 48.5 Å². The Hall–Kier alpha value is -1.94. The number of benzene rings is 2. The molecule has 1 N–H and O–H groups in total. The third-order valence-corrected chi connectivity index (χ3v) is 3.59. The van der Waals surface area contributed by atoms with Crippen LogP contribution in [0.4, 0.5) is 8.87 Å². The van der Waals surface area contributed by atoms with Crippen LogP contribution >= 0.6 is 0 Å². The maximum atomic E-state index is 13.7. The van der Waals surface area contributed by atoms with E-state index in [9.17, 15) is 14.0 Å². The minimum absolute atomic E-state index is 0.123. The van der Waals surface area contributed by atoms with Crippen LogP contribution in [-0.4, -0.2) is 16.8 Å². The largest absolute Gasteiger partial charge is 0.508 e. The van der Waals surface area contributed by atoms with Crippen molar-refractivity contribution in [3.05, 3.63) is 65.5 Å². The molecule has 0 aliphatic rings. The van der Waals surface area contributed by atoms with Gasteiger partial charge in [0.05, 0.1) is 6.54 Å². The molecule has 118 valence electrons. The Balaban J connectivity index is 1.64. The summed E-state index contributed by atoms with van der Waals surface area (Å²) in [5, 5.41) is 10.4. The minimum atomic E-state index is -0.342. The number of phenolic OH excluding ortho intramolecular Hbond substituents is 1. The van der Waals surface area contributed by atoms with E-state index in [0.29, 0.717) is 25.1 Å². The van der Waals surface area contributed by atoms with Gasteiger partial charge in [0.1, 0.15) is 11.6 Å². The molecule has 0 aliphatic carbocycles. The molecule has 0 radical (unpaired) electrons. The SMILES string of the molecule is Oc1ccc(F)cc1CCCCCN(F)Cc1ccccc1. The Kier molecular flexibility index (Phi) is 6.34. The van der Waals surface area contributed by atoms with Gasteiger partial charge in [0.2, 0.25) is 0 Å². The number of unbranched alkanes of at least 4 members (excludes halogenated alkanes) is 2. The number of hydrogen-bond donors (Lipinski definition) is 1. The van der Waals surface area contributed by atoms with E-state index < -0.39 is 0 Å². The number of phenols is 1. The van der Waals surface area contributed by atoms with Gasteiger partial charge in [-0.15, -0.1) is 9.60 Å². The molecule has 0 atom stereocenters. The molecule has 2 aromatic rings. The smallest absolute Gasteiger partial charge is 0.123 e. The number of hydrogen-bond acceptors (Lipinski definition) is 2. The Bertz CT molecular complexity index is 575. The molecule has 2 rings (SSSR count). The van der Waals surface area contributed by atoms with E-state index in [0.717, 1.165) is 29.9 Å². The molecule has 0 heterocycles. The Morgan fingerprint density at radius 3 is 2.50 bits per heavy atom. The molecule has 0 saturated carbocycles. The van der Waals surface area contributed by atoms with Gasteiger partial charge in [-0.3, -0.25) is 0 Å². The molecule has 22 heavy (non-hydrogen) atoms. The number of aryl methyl sites for hydroxylation is 1. The lowest BCUT2D eigenvalue weighted by Gasteiger charge is -2.11. The zero-order valence-electron chi connectivity index (χ0n) is 12.5. The van der Waals surface area contributed by atoms with Gasteiger partial charge in [-0.1, -0.05) is 36.8 Å². The van der Waals surface area contributed by atoms with E-state index >= 15 is 0 Å². The molecule has 0 saturated heterocycles. The molecular formula is C18H21F2NO. The second-order valence-electron chi connectivity index (χ2n) is 5.41. The van der Waals surface area contributed by atoms with Crippen molar-refractivity contribution in [2.24, 2.45) is 0 Å². The lowest BCUT2D eigenvalue weighted by molar-refractivity contribution is 0.0141. The minimum Gasteiger partial charge on any atom is -0.508 e. The van der Waals surface area contributed by atoms with Gasteiger partial charge < -0.3 is 5.11 Å². The third-order valence-electron chi connectivity index (χ3n) is 3.59. The van der Waals surface area contributed by atoms with E-state index in [4.69, 9.17) is 0 Å². The zero-order valence-corrected chi connectivity index (χ0v) is 12.5. The van der Waals surface area contributed by atoms with Crippen LogP contribution in [0.5, 0.6) is 5.75 Å². The van der Waals surface area contributed by atoms with Gasteiger partial charge in [-0.2, -0.15) is 0 Å². The fourth-order valence-electron chi connectivity index (χ4n) is 2.39. The number of rotatable bonds is 8. The van der Waals surface area contributed by atoms with Gasteiger partial charge in [0, 0.05) is 6.54 Å². The van der Waals surface area contributed by atoms with Gasteiger partial charge in [-0.25, -0.2) is 4.39 Å². The van der Waals surface area contributed by atoms with Crippen LogP contribution in [0.25, 0.3) is 0 Å². The van der Waals surface area contributed by atoms with Gasteiger partial charge in [0.15, 0.2) is 0 Å². The van der Waals surface area contributed by atoms with E-state index in [1.165, 1.54) is 18.2 Å². The fraction of sp³-hybridized carbons (Fsp3) is 0.333. The third kappa shape index (κ3) is 5.45. The highest BCUT2D eigenvalue weighted by molar-refractivity contribution is 5.32. The summed E-state index contributed by atoms with van der Waals surface area (Å²) in [7, 11) is 0. The maximum absolute atomic E-state index is 13.7. The normalized spacial score (nSPS) is 11.0. The quantitative estimate of drug-likeness (QED) is 0.568. The molecule has 0 fully saturated rings. The van der Waals surface area contributed by atoms with Crippen molar-refractivity contribution in [2.45, 2.75) is 32.2 Å². The highest BCUT2D eigenvalue weighted by Crippen LogP contribution is 2.20. The number of nitrogens with zero attached hydrogens (tertiary/aromatic N) is 1. The summed E-state index contributed by atoms with van der Waals surface area (Å²) in [6, 6.07) is 13.5. The van der Waals surface area contributed by atoms with E-state index in [1.54, 1.807) is 0 Å². The summed E-state index contributed by atoms with van der Waals surface area (Å²) in [4.78, 5) is 0. The summed E-state index contributed by atoms with van der Waals surface area (Å²) in [5.41, 5.74) is 1.57. The van der Waals surface area contributed by atoms with Crippen LogP contribution in [0.2, 0.25) is 0 Å². The Morgan fingerprint density at radius 1 is 0.955 bits per heavy atom. The van der Waals surface area contributed by atoms with E-state index in [2.05, 4.69) is 0 Å². The zero-order chi connectivity index (χ0) is 15.8. The first kappa shape index (κ1) is 16.4. The van der Waals surface area contributed by atoms with Crippen molar-refractivity contribution in [3.63, 3.8) is 0 Å². The van der Waals surface area contributed by atoms with Crippen LogP contribution in [0.1, 0.15) is 30.4 Å². The first-order chi connectivity index (χ1) is 10.6. The Labute approximate surface area is 129 Å². The topological polar surface area (TPSA) is 23.5 Å². The number of aromatic hydroxyl groups is 1. The molecule has 0 unspecified atom stereocenters. The summed E-state index contributed by atoms with van der Waals surface area (Å²) >= 11 is 0. The van der Waals surface area contributed by atoms with Crippen molar-refractivity contribution < 1.29 is 14.0 Å². The molecular weight excluding hydrogens is 284 g/mol. The summed E-state index contributed by atoms with van der Waals surface area (Å²) in [6.45, 7) is 0.676. The average Bonchev–Trinajstić information content (AvgIpc) is 2.51. The number of halogens is 2. The molecule has 0 amide bonds. The van der Waals surface area contributed by atoms with Gasteiger partial charge >= 0.3 is 0 Å². The first-order valence-electron chi connectivity index (χ1n) is 7.57. The molecule has 0 spiro atoms. The highest BCUT2D eigenvalue weighted by atomic mass is 19.2. The second-order valence-corrected chi connectivity index (χ2v) is 5.41.